The zero-order valence-corrected chi connectivity index (χ0v) is 11.3. The summed E-state index contributed by atoms with van der Waals surface area (Å²) in [7, 11) is 0. The van der Waals surface area contributed by atoms with E-state index in [1.54, 1.807) is 18.3 Å². The van der Waals surface area contributed by atoms with Gasteiger partial charge in [-0.3, -0.25) is 0 Å². The zero-order chi connectivity index (χ0) is 13.7. The lowest BCUT2D eigenvalue weighted by Crippen LogP contribution is -2.25. The van der Waals surface area contributed by atoms with Gasteiger partial charge in [-0.05, 0) is 25.2 Å². The highest BCUT2D eigenvalue weighted by atomic mass is 16.5. The monoisotopic (exact) mass is 261 g/mol. The largest absolute Gasteiger partial charge is 0.397 e. The minimum Gasteiger partial charge on any atom is -0.397 e. The highest BCUT2D eigenvalue weighted by Crippen LogP contribution is 2.15. The molecule has 0 saturated heterocycles. The molecular weight excluding hydrogens is 242 g/mol. The lowest BCUT2D eigenvalue weighted by molar-refractivity contribution is 0.303. The maximum absolute atomic E-state index is 5.59. The van der Waals surface area contributed by atoms with Gasteiger partial charge in [0.1, 0.15) is 5.69 Å². The number of pyridine rings is 1. The Balaban J connectivity index is 2.01. The number of rotatable bonds is 6. The summed E-state index contributed by atoms with van der Waals surface area (Å²) in [6, 6.07) is 3.54. The molecule has 0 aliphatic rings. The van der Waals surface area contributed by atoms with Crippen LogP contribution in [0.5, 0.6) is 0 Å². The van der Waals surface area contributed by atoms with E-state index < -0.39 is 0 Å². The molecule has 0 aromatic carbocycles. The molecule has 2 rings (SSSR count). The standard InChI is InChI=1S/C13H19N5O/c1-3-18(4-2)8-7-12-16-13(19-17-12)11-6-5-10(14)9-15-11/h5-6,9H,3-4,7-8,14H2,1-2H3. The van der Waals surface area contributed by atoms with Gasteiger partial charge in [-0.2, -0.15) is 4.98 Å². The van der Waals surface area contributed by atoms with Gasteiger partial charge in [0, 0.05) is 13.0 Å². The second kappa shape index (κ2) is 6.29. The topological polar surface area (TPSA) is 81.1 Å². The van der Waals surface area contributed by atoms with Crippen LogP contribution in [0.15, 0.2) is 22.9 Å². The van der Waals surface area contributed by atoms with Crippen LogP contribution in [0.4, 0.5) is 5.69 Å². The summed E-state index contributed by atoms with van der Waals surface area (Å²) in [5.41, 5.74) is 6.85. The van der Waals surface area contributed by atoms with E-state index in [0.717, 1.165) is 26.1 Å². The fraction of sp³-hybridized carbons (Fsp3) is 0.462. The van der Waals surface area contributed by atoms with E-state index >= 15 is 0 Å². The smallest absolute Gasteiger partial charge is 0.276 e. The number of aromatic nitrogens is 3. The SMILES string of the molecule is CCN(CC)CCc1noc(-c2ccc(N)cn2)n1. The molecule has 6 heteroatoms. The van der Waals surface area contributed by atoms with Gasteiger partial charge in [-0.25, -0.2) is 4.98 Å². The summed E-state index contributed by atoms with van der Waals surface area (Å²) in [6.07, 6.45) is 2.36. The van der Waals surface area contributed by atoms with Crippen molar-refractivity contribution in [3.05, 3.63) is 24.2 Å². The normalized spacial score (nSPS) is 11.1. The quantitative estimate of drug-likeness (QED) is 0.850. The van der Waals surface area contributed by atoms with Gasteiger partial charge in [0.05, 0.1) is 11.9 Å². The first-order valence-corrected chi connectivity index (χ1v) is 6.49. The predicted molar refractivity (Wildman–Crippen MR) is 73.4 cm³/mol. The fourth-order valence-electron chi connectivity index (χ4n) is 1.79. The van der Waals surface area contributed by atoms with Gasteiger partial charge in [0.25, 0.3) is 5.89 Å². The summed E-state index contributed by atoms with van der Waals surface area (Å²) in [4.78, 5) is 10.8. The van der Waals surface area contributed by atoms with E-state index in [1.165, 1.54) is 0 Å². The fourth-order valence-corrected chi connectivity index (χ4v) is 1.79. The Hall–Kier alpha value is -1.95. The van der Waals surface area contributed by atoms with Crippen LogP contribution < -0.4 is 5.73 Å². The lowest BCUT2D eigenvalue weighted by Gasteiger charge is -2.16. The van der Waals surface area contributed by atoms with Crippen molar-refractivity contribution < 1.29 is 4.52 Å². The maximum atomic E-state index is 5.59. The molecule has 19 heavy (non-hydrogen) atoms. The molecule has 0 aliphatic carbocycles. The van der Waals surface area contributed by atoms with Crippen LogP contribution in [0, 0.1) is 0 Å². The highest BCUT2D eigenvalue weighted by molar-refractivity contribution is 5.50. The van der Waals surface area contributed by atoms with Crippen molar-refractivity contribution >= 4 is 5.69 Å². The van der Waals surface area contributed by atoms with Crippen LogP contribution in [0.2, 0.25) is 0 Å². The minimum absolute atomic E-state index is 0.439. The Kier molecular flexibility index (Phi) is 4.46. The van der Waals surface area contributed by atoms with Crippen molar-refractivity contribution in [2.75, 3.05) is 25.4 Å². The molecule has 0 bridgehead atoms. The predicted octanol–water partition coefficient (Wildman–Crippen LogP) is 1.60. The first-order valence-electron chi connectivity index (χ1n) is 6.49. The number of hydrogen-bond donors (Lipinski definition) is 1. The summed E-state index contributed by atoms with van der Waals surface area (Å²) in [5, 5.41) is 3.97. The van der Waals surface area contributed by atoms with Gasteiger partial charge in [0.2, 0.25) is 0 Å². The first-order chi connectivity index (χ1) is 9.22. The lowest BCUT2D eigenvalue weighted by atomic mass is 10.3. The molecule has 0 saturated carbocycles. The van der Waals surface area contributed by atoms with Gasteiger partial charge < -0.3 is 15.2 Å². The van der Waals surface area contributed by atoms with Gasteiger partial charge in [-0.15, -0.1) is 0 Å². The molecule has 102 valence electrons. The molecule has 2 N–H and O–H groups in total. The van der Waals surface area contributed by atoms with Gasteiger partial charge in [0.15, 0.2) is 5.82 Å². The van der Waals surface area contributed by atoms with Crippen molar-refractivity contribution in [2.24, 2.45) is 0 Å². The number of likely N-dealkylation sites (N-methyl/N-ethyl adjacent to an activating group) is 1. The molecule has 0 aliphatic heterocycles. The third-order valence-electron chi connectivity index (χ3n) is 3.02. The summed E-state index contributed by atoms with van der Waals surface area (Å²) in [5.74, 6) is 1.15. The molecule has 0 spiro atoms. The third kappa shape index (κ3) is 3.51. The van der Waals surface area contributed by atoms with Crippen molar-refractivity contribution in [2.45, 2.75) is 20.3 Å². The first kappa shape index (κ1) is 13.5. The number of nitrogens with two attached hydrogens (primary N) is 1. The Morgan fingerprint density at radius 2 is 2.05 bits per heavy atom. The third-order valence-corrected chi connectivity index (χ3v) is 3.02. The minimum atomic E-state index is 0.439. The number of anilines is 1. The van der Waals surface area contributed by atoms with Crippen LogP contribution in [-0.2, 0) is 6.42 Å². The summed E-state index contributed by atoms with van der Waals surface area (Å²) >= 11 is 0. The van der Waals surface area contributed by atoms with Crippen LogP contribution in [0.25, 0.3) is 11.6 Å². The molecule has 0 atom stereocenters. The molecule has 2 aromatic rings. The molecule has 6 nitrogen and oxygen atoms in total. The van der Waals surface area contributed by atoms with Crippen molar-refractivity contribution in [3.8, 4) is 11.6 Å². The van der Waals surface area contributed by atoms with E-state index in [-0.39, 0.29) is 0 Å². The second-order valence-corrected chi connectivity index (χ2v) is 4.27. The molecule has 0 unspecified atom stereocenters. The molecule has 0 fully saturated rings. The van der Waals surface area contributed by atoms with Gasteiger partial charge in [-0.1, -0.05) is 19.0 Å². The van der Waals surface area contributed by atoms with E-state index in [1.807, 2.05) is 0 Å². The molecule has 2 heterocycles. The van der Waals surface area contributed by atoms with Crippen LogP contribution >= 0.6 is 0 Å². The average molecular weight is 261 g/mol. The van der Waals surface area contributed by atoms with Crippen molar-refractivity contribution in [1.82, 2.24) is 20.0 Å². The molecule has 2 aromatic heterocycles. The summed E-state index contributed by atoms with van der Waals surface area (Å²) in [6.45, 7) is 7.27. The number of nitrogens with zero attached hydrogens (tertiary/aromatic N) is 4. The molecule has 0 amide bonds. The van der Waals surface area contributed by atoms with Crippen LogP contribution in [-0.4, -0.2) is 39.7 Å². The highest BCUT2D eigenvalue weighted by Gasteiger charge is 2.10. The van der Waals surface area contributed by atoms with E-state index in [0.29, 0.717) is 23.1 Å². The average Bonchev–Trinajstić information content (AvgIpc) is 2.89. The van der Waals surface area contributed by atoms with Crippen LogP contribution in [0.1, 0.15) is 19.7 Å². The number of nitrogen functional groups attached to an aromatic ring is 1. The molecular formula is C13H19N5O. The van der Waals surface area contributed by atoms with E-state index in [9.17, 15) is 0 Å². The maximum Gasteiger partial charge on any atom is 0.276 e. The van der Waals surface area contributed by atoms with Crippen molar-refractivity contribution in [1.29, 1.82) is 0 Å². The Labute approximate surface area is 112 Å². The van der Waals surface area contributed by atoms with Crippen molar-refractivity contribution in [3.63, 3.8) is 0 Å². The van der Waals surface area contributed by atoms with E-state index in [4.69, 9.17) is 10.3 Å². The summed E-state index contributed by atoms with van der Waals surface area (Å²) < 4.78 is 5.21. The van der Waals surface area contributed by atoms with E-state index in [2.05, 4.69) is 33.9 Å². The van der Waals surface area contributed by atoms with Crippen LogP contribution in [0.3, 0.4) is 0 Å². The zero-order valence-electron chi connectivity index (χ0n) is 11.3. The Bertz CT molecular complexity index is 504. The Morgan fingerprint density at radius 3 is 2.68 bits per heavy atom. The van der Waals surface area contributed by atoms with Gasteiger partial charge >= 0.3 is 0 Å². The number of hydrogen-bond acceptors (Lipinski definition) is 6. The Morgan fingerprint density at radius 1 is 1.26 bits per heavy atom. The molecule has 0 radical (unpaired) electrons. The second-order valence-electron chi connectivity index (χ2n) is 4.27.